The van der Waals surface area contributed by atoms with Crippen LogP contribution in [0.3, 0.4) is 0 Å². The van der Waals surface area contributed by atoms with Gasteiger partial charge in [-0.25, -0.2) is 4.98 Å². The van der Waals surface area contributed by atoms with Gasteiger partial charge >= 0.3 is 0 Å². The van der Waals surface area contributed by atoms with E-state index in [-0.39, 0.29) is 0 Å². The topological polar surface area (TPSA) is 52.7 Å². The lowest BCUT2D eigenvalue weighted by Crippen LogP contribution is -2.52. The highest BCUT2D eigenvalue weighted by Crippen LogP contribution is 2.26. The lowest BCUT2D eigenvalue weighted by Gasteiger charge is -2.38. The average Bonchev–Trinajstić information content (AvgIpc) is 2.63. The standard InChI is InChI=1S/C18H29N5O/c1-14-17-10-18(21-11-15(17)2-3-20-14)23-7-5-22(6-8-23)13-16-12-19-4-9-24-16/h10-11,14,16,19-20H,2-9,12-13H2,1H3/t14-,16?/m0/s1. The predicted octanol–water partition coefficient (Wildman–Crippen LogP) is 0.399. The van der Waals surface area contributed by atoms with E-state index < -0.39 is 0 Å². The summed E-state index contributed by atoms with van der Waals surface area (Å²) in [6.45, 7) is 11.4. The zero-order valence-corrected chi connectivity index (χ0v) is 14.6. The highest BCUT2D eigenvalue weighted by atomic mass is 16.5. The smallest absolute Gasteiger partial charge is 0.128 e. The summed E-state index contributed by atoms with van der Waals surface area (Å²) in [6.07, 6.45) is 3.53. The molecule has 0 amide bonds. The second-order valence-corrected chi connectivity index (χ2v) is 7.15. The van der Waals surface area contributed by atoms with Gasteiger partial charge < -0.3 is 20.3 Å². The van der Waals surface area contributed by atoms with Crippen molar-refractivity contribution in [2.24, 2.45) is 0 Å². The molecule has 0 spiro atoms. The van der Waals surface area contributed by atoms with Gasteiger partial charge in [-0.15, -0.1) is 0 Å². The van der Waals surface area contributed by atoms with Gasteiger partial charge in [0.05, 0.1) is 12.7 Å². The first-order valence-corrected chi connectivity index (χ1v) is 9.31. The van der Waals surface area contributed by atoms with Crippen LogP contribution in [-0.4, -0.2) is 75.0 Å². The van der Waals surface area contributed by atoms with E-state index in [1.54, 1.807) is 0 Å². The molecule has 4 rings (SSSR count). The third kappa shape index (κ3) is 3.57. The highest BCUT2D eigenvalue weighted by molar-refractivity contribution is 5.46. The Labute approximate surface area is 144 Å². The molecule has 4 heterocycles. The van der Waals surface area contributed by atoms with E-state index >= 15 is 0 Å². The Balaban J connectivity index is 1.35. The molecule has 6 nitrogen and oxygen atoms in total. The summed E-state index contributed by atoms with van der Waals surface area (Å²) in [5, 5.41) is 6.96. The summed E-state index contributed by atoms with van der Waals surface area (Å²) < 4.78 is 5.83. The van der Waals surface area contributed by atoms with Gasteiger partial charge in [-0.05, 0) is 37.1 Å². The van der Waals surface area contributed by atoms with Gasteiger partial charge in [0.25, 0.3) is 0 Å². The van der Waals surface area contributed by atoms with Crippen molar-refractivity contribution < 1.29 is 4.74 Å². The largest absolute Gasteiger partial charge is 0.374 e. The van der Waals surface area contributed by atoms with Crippen LogP contribution >= 0.6 is 0 Å². The number of morpholine rings is 1. The van der Waals surface area contributed by atoms with Crippen LogP contribution in [0.1, 0.15) is 24.1 Å². The summed E-state index contributed by atoms with van der Waals surface area (Å²) in [5.74, 6) is 1.14. The molecule has 2 fully saturated rings. The number of anilines is 1. The van der Waals surface area contributed by atoms with Gasteiger partial charge in [0.1, 0.15) is 5.82 Å². The Bertz CT molecular complexity index is 552. The first-order chi connectivity index (χ1) is 11.8. The molecule has 1 unspecified atom stereocenters. The number of rotatable bonds is 3. The van der Waals surface area contributed by atoms with Crippen LogP contribution in [0.15, 0.2) is 12.3 Å². The number of hydrogen-bond donors (Lipinski definition) is 2. The molecular weight excluding hydrogens is 302 g/mol. The number of piperazine rings is 1. The molecule has 6 heteroatoms. The number of ether oxygens (including phenoxy) is 1. The first-order valence-electron chi connectivity index (χ1n) is 9.31. The van der Waals surface area contributed by atoms with Crippen LogP contribution in [0.2, 0.25) is 0 Å². The zero-order valence-electron chi connectivity index (χ0n) is 14.6. The summed E-state index contributed by atoms with van der Waals surface area (Å²) in [4.78, 5) is 9.69. The van der Waals surface area contributed by atoms with Crippen LogP contribution in [0.25, 0.3) is 0 Å². The molecule has 0 aliphatic carbocycles. The molecule has 2 saturated heterocycles. The van der Waals surface area contributed by atoms with Crippen molar-refractivity contribution in [1.29, 1.82) is 0 Å². The number of fused-ring (bicyclic) bond motifs is 1. The van der Waals surface area contributed by atoms with E-state index in [1.165, 1.54) is 11.1 Å². The maximum Gasteiger partial charge on any atom is 0.128 e. The van der Waals surface area contributed by atoms with Gasteiger partial charge in [0.15, 0.2) is 0 Å². The monoisotopic (exact) mass is 331 g/mol. The minimum atomic E-state index is 0.346. The van der Waals surface area contributed by atoms with Crippen molar-refractivity contribution >= 4 is 5.82 Å². The molecule has 0 bridgehead atoms. The second kappa shape index (κ2) is 7.35. The predicted molar refractivity (Wildman–Crippen MR) is 95.6 cm³/mol. The van der Waals surface area contributed by atoms with E-state index in [2.05, 4.69) is 39.6 Å². The SMILES string of the molecule is C[C@@H]1NCCc2cnc(N3CCN(CC4CNCCO4)CC3)cc21. The third-order valence-electron chi connectivity index (χ3n) is 5.48. The maximum atomic E-state index is 5.83. The number of nitrogens with zero attached hydrogens (tertiary/aromatic N) is 3. The number of nitrogens with one attached hydrogen (secondary N) is 2. The Morgan fingerprint density at radius 3 is 2.92 bits per heavy atom. The molecule has 3 aliphatic rings. The number of hydrogen-bond acceptors (Lipinski definition) is 6. The Kier molecular flexibility index (Phi) is 4.98. The minimum absolute atomic E-state index is 0.346. The number of pyridine rings is 1. The molecule has 0 aromatic carbocycles. The van der Waals surface area contributed by atoms with Crippen molar-refractivity contribution in [3.05, 3.63) is 23.4 Å². The third-order valence-corrected chi connectivity index (χ3v) is 5.48. The van der Waals surface area contributed by atoms with Crippen molar-refractivity contribution in [3.8, 4) is 0 Å². The molecule has 3 aliphatic heterocycles. The van der Waals surface area contributed by atoms with Crippen molar-refractivity contribution in [2.75, 3.05) is 63.9 Å². The fourth-order valence-corrected chi connectivity index (χ4v) is 3.99. The number of aromatic nitrogens is 1. The van der Waals surface area contributed by atoms with E-state index in [0.717, 1.165) is 71.2 Å². The zero-order chi connectivity index (χ0) is 16.4. The molecule has 0 saturated carbocycles. The lowest BCUT2D eigenvalue weighted by atomic mass is 9.97. The normalized spacial score (nSPS) is 28.6. The van der Waals surface area contributed by atoms with E-state index in [4.69, 9.17) is 9.72 Å². The van der Waals surface area contributed by atoms with Crippen LogP contribution in [-0.2, 0) is 11.2 Å². The van der Waals surface area contributed by atoms with Crippen molar-refractivity contribution in [2.45, 2.75) is 25.5 Å². The van der Waals surface area contributed by atoms with Gasteiger partial charge in [-0.1, -0.05) is 0 Å². The minimum Gasteiger partial charge on any atom is -0.374 e. The molecule has 24 heavy (non-hydrogen) atoms. The van der Waals surface area contributed by atoms with E-state index in [9.17, 15) is 0 Å². The maximum absolute atomic E-state index is 5.83. The van der Waals surface area contributed by atoms with Crippen molar-refractivity contribution in [1.82, 2.24) is 20.5 Å². The van der Waals surface area contributed by atoms with E-state index in [1.807, 2.05) is 0 Å². The quantitative estimate of drug-likeness (QED) is 0.836. The lowest BCUT2D eigenvalue weighted by molar-refractivity contribution is 0.00463. The van der Waals surface area contributed by atoms with E-state index in [0.29, 0.717) is 12.1 Å². The van der Waals surface area contributed by atoms with Crippen LogP contribution in [0.5, 0.6) is 0 Å². The molecule has 132 valence electrons. The highest BCUT2D eigenvalue weighted by Gasteiger charge is 2.24. The molecule has 1 aromatic heterocycles. The Morgan fingerprint density at radius 2 is 2.12 bits per heavy atom. The van der Waals surface area contributed by atoms with Gasteiger partial charge in [-0.2, -0.15) is 0 Å². The molecule has 2 N–H and O–H groups in total. The fourth-order valence-electron chi connectivity index (χ4n) is 3.99. The van der Waals surface area contributed by atoms with Crippen LogP contribution in [0, 0.1) is 0 Å². The Hall–Kier alpha value is -1.21. The van der Waals surface area contributed by atoms with Gasteiger partial charge in [-0.3, -0.25) is 4.90 Å². The van der Waals surface area contributed by atoms with Gasteiger partial charge in [0.2, 0.25) is 0 Å². The summed E-state index contributed by atoms with van der Waals surface area (Å²) in [7, 11) is 0. The molecule has 2 atom stereocenters. The summed E-state index contributed by atoms with van der Waals surface area (Å²) >= 11 is 0. The first kappa shape index (κ1) is 16.3. The Morgan fingerprint density at radius 1 is 1.25 bits per heavy atom. The van der Waals surface area contributed by atoms with Crippen LogP contribution < -0.4 is 15.5 Å². The second-order valence-electron chi connectivity index (χ2n) is 7.15. The average molecular weight is 331 g/mol. The fraction of sp³-hybridized carbons (Fsp3) is 0.722. The molecule has 0 radical (unpaired) electrons. The molecule has 1 aromatic rings. The van der Waals surface area contributed by atoms with Crippen molar-refractivity contribution in [3.63, 3.8) is 0 Å². The van der Waals surface area contributed by atoms with Crippen LogP contribution in [0.4, 0.5) is 5.82 Å². The van der Waals surface area contributed by atoms with Gasteiger partial charge in [0, 0.05) is 58.1 Å². The summed E-state index contributed by atoms with van der Waals surface area (Å²) in [5.41, 5.74) is 2.83. The summed E-state index contributed by atoms with van der Waals surface area (Å²) in [6, 6.07) is 2.74. The molecular formula is C18H29N5O.